The number of benzene rings is 3. The Morgan fingerprint density at radius 2 is 1.41 bits per heavy atom. The molecule has 4 aromatic rings. The van der Waals surface area contributed by atoms with E-state index in [1.165, 1.54) is 28.9 Å². The predicted octanol–water partition coefficient (Wildman–Crippen LogP) is 5.63. The average Bonchev–Trinajstić information content (AvgIpc) is 3.26. The third-order valence-electron chi connectivity index (χ3n) is 5.27. The zero-order valence-electron chi connectivity index (χ0n) is 20.9. The lowest BCUT2D eigenvalue weighted by Gasteiger charge is -2.11. The summed E-state index contributed by atoms with van der Waals surface area (Å²) in [6.07, 6.45) is 0. The summed E-state index contributed by atoms with van der Waals surface area (Å²) in [6, 6.07) is 18.5. The molecule has 4 rings (SSSR count). The molecule has 0 aliphatic rings. The number of nitrogens with one attached hydrogen (secondary N) is 1. The van der Waals surface area contributed by atoms with Crippen LogP contribution in [0, 0.1) is 27.2 Å². The summed E-state index contributed by atoms with van der Waals surface area (Å²) in [5, 5.41) is 28.8. The lowest BCUT2D eigenvalue weighted by molar-refractivity contribution is -0.389. The van der Waals surface area contributed by atoms with Crippen LogP contribution in [0.25, 0.3) is 0 Å². The van der Waals surface area contributed by atoms with Crippen molar-refractivity contribution >= 4 is 23.1 Å². The van der Waals surface area contributed by atoms with E-state index in [1.54, 1.807) is 55.5 Å². The van der Waals surface area contributed by atoms with E-state index in [1.807, 2.05) is 6.92 Å². The van der Waals surface area contributed by atoms with E-state index >= 15 is 0 Å². The second kappa shape index (κ2) is 11.7. The predicted molar refractivity (Wildman–Crippen MR) is 140 cm³/mol. The molecule has 0 aliphatic carbocycles. The fraction of sp³-hybridized carbons (Fsp3) is 0.154. The summed E-state index contributed by atoms with van der Waals surface area (Å²) in [5.74, 6) is 1.12. The number of amides is 1. The number of hydrogen-bond acceptors (Lipinski definition) is 9. The molecule has 39 heavy (non-hydrogen) atoms. The number of ether oxygens (including phenoxy) is 3. The first-order valence-corrected chi connectivity index (χ1v) is 11.7. The number of carbonyl (C=O) groups is 1. The highest BCUT2D eigenvalue weighted by Gasteiger charge is 2.18. The number of non-ortho nitro benzene ring substituents is 1. The van der Waals surface area contributed by atoms with Gasteiger partial charge in [-0.15, -0.1) is 0 Å². The number of carbonyl (C=O) groups excluding carboxylic acids is 1. The summed E-state index contributed by atoms with van der Waals surface area (Å²) in [5.41, 5.74) is 0.708. The third-order valence-corrected chi connectivity index (χ3v) is 5.27. The minimum Gasteiger partial charge on any atom is -0.494 e. The van der Waals surface area contributed by atoms with Crippen LogP contribution in [0.4, 0.5) is 17.2 Å². The first-order chi connectivity index (χ1) is 18.7. The molecule has 1 aromatic heterocycles. The van der Waals surface area contributed by atoms with E-state index < -0.39 is 15.8 Å². The van der Waals surface area contributed by atoms with Crippen molar-refractivity contribution in [1.29, 1.82) is 0 Å². The van der Waals surface area contributed by atoms with Crippen LogP contribution in [-0.4, -0.2) is 32.1 Å². The fourth-order valence-corrected chi connectivity index (χ4v) is 3.51. The van der Waals surface area contributed by atoms with Crippen molar-refractivity contribution in [3.63, 3.8) is 0 Å². The monoisotopic (exact) mass is 533 g/mol. The van der Waals surface area contributed by atoms with Crippen molar-refractivity contribution in [3.05, 3.63) is 98.7 Å². The molecule has 0 atom stereocenters. The Bertz CT molecular complexity index is 1500. The Labute approximate surface area is 221 Å². The van der Waals surface area contributed by atoms with Crippen LogP contribution in [0.1, 0.15) is 12.6 Å². The molecule has 0 unspecified atom stereocenters. The molecule has 0 spiro atoms. The molecular formula is C26H23N5O8. The number of nitro groups is 2. The smallest absolute Gasteiger partial charge is 0.390 e. The van der Waals surface area contributed by atoms with Crippen molar-refractivity contribution in [2.24, 2.45) is 0 Å². The van der Waals surface area contributed by atoms with E-state index in [0.29, 0.717) is 35.2 Å². The maximum atomic E-state index is 12.4. The number of rotatable bonds is 11. The molecule has 1 amide bonds. The Morgan fingerprint density at radius 3 is 1.92 bits per heavy atom. The lowest BCUT2D eigenvalue weighted by Crippen LogP contribution is -2.20. The highest BCUT2D eigenvalue weighted by Crippen LogP contribution is 2.34. The maximum absolute atomic E-state index is 12.4. The van der Waals surface area contributed by atoms with Gasteiger partial charge in [0.05, 0.1) is 40.5 Å². The Balaban J connectivity index is 1.42. The molecule has 13 nitrogen and oxygen atoms in total. The van der Waals surface area contributed by atoms with Crippen molar-refractivity contribution in [2.45, 2.75) is 20.4 Å². The number of nitro benzene ring substituents is 1. The molecule has 13 heteroatoms. The summed E-state index contributed by atoms with van der Waals surface area (Å²) < 4.78 is 18.2. The van der Waals surface area contributed by atoms with Gasteiger partial charge in [-0.3, -0.25) is 14.9 Å². The van der Waals surface area contributed by atoms with Crippen molar-refractivity contribution in [2.75, 3.05) is 11.9 Å². The van der Waals surface area contributed by atoms with Crippen LogP contribution in [0.2, 0.25) is 0 Å². The highest BCUT2D eigenvalue weighted by molar-refractivity contribution is 5.90. The lowest BCUT2D eigenvalue weighted by atomic mass is 10.2. The molecule has 1 N–H and O–H groups in total. The second-order valence-corrected chi connectivity index (χ2v) is 8.16. The standard InChI is InChI=1S/C26H23N5O8/c1-3-37-20-8-10-22(11-9-20)39-24-14-19(30(33)34)13-23(15-24)38-21-6-4-18(5-7-21)27-26(32)16-29-17(2)12-25(28-29)31(35)36/h4-15H,3,16H2,1-2H3,(H,27,32). The van der Waals surface area contributed by atoms with Gasteiger partial charge < -0.3 is 29.6 Å². The molecule has 0 aliphatic heterocycles. The van der Waals surface area contributed by atoms with Crippen LogP contribution in [0.3, 0.4) is 0 Å². The first-order valence-electron chi connectivity index (χ1n) is 11.7. The summed E-state index contributed by atoms with van der Waals surface area (Å²) >= 11 is 0. The average molecular weight is 533 g/mol. The number of nitrogens with zero attached hydrogens (tertiary/aromatic N) is 4. The second-order valence-electron chi connectivity index (χ2n) is 8.16. The molecule has 0 fully saturated rings. The van der Waals surface area contributed by atoms with Crippen LogP contribution < -0.4 is 19.5 Å². The molecule has 1 heterocycles. The van der Waals surface area contributed by atoms with Gasteiger partial charge in [-0.2, -0.15) is 4.68 Å². The molecule has 0 saturated heterocycles. The van der Waals surface area contributed by atoms with Crippen LogP contribution >= 0.6 is 0 Å². The van der Waals surface area contributed by atoms with E-state index in [-0.39, 0.29) is 29.5 Å². The minimum atomic E-state index is -0.628. The van der Waals surface area contributed by atoms with Gasteiger partial charge in [-0.1, -0.05) is 0 Å². The van der Waals surface area contributed by atoms with Gasteiger partial charge in [0, 0.05) is 11.8 Å². The Kier molecular flexibility index (Phi) is 8.00. The first kappa shape index (κ1) is 26.6. The summed E-state index contributed by atoms with van der Waals surface area (Å²) in [6.45, 7) is 3.81. The van der Waals surface area contributed by atoms with Gasteiger partial charge in [0.1, 0.15) is 35.3 Å². The SMILES string of the molecule is CCOc1ccc(Oc2cc(Oc3ccc(NC(=O)Cn4nc([N+](=O)[O-])cc4C)cc3)cc([N+](=O)[O-])c2)cc1. The molecule has 200 valence electrons. The van der Waals surface area contributed by atoms with Gasteiger partial charge in [-0.25, -0.2) is 0 Å². The highest BCUT2D eigenvalue weighted by atomic mass is 16.6. The van der Waals surface area contributed by atoms with Crippen LogP contribution in [-0.2, 0) is 11.3 Å². The van der Waals surface area contributed by atoms with Crippen LogP contribution in [0.5, 0.6) is 28.7 Å². The van der Waals surface area contributed by atoms with Gasteiger partial charge in [-0.05, 0) is 67.3 Å². The molecule has 3 aromatic carbocycles. The van der Waals surface area contributed by atoms with E-state index in [9.17, 15) is 25.0 Å². The fourth-order valence-electron chi connectivity index (χ4n) is 3.51. The summed E-state index contributed by atoms with van der Waals surface area (Å²) in [7, 11) is 0. The van der Waals surface area contributed by atoms with Gasteiger partial charge >= 0.3 is 5.82 Å². The Morgan fingerprint density at radius 1 is 0.846 bits per heavy atom. The van der Waals surface area contributed by atoms with Crippen molar-refractivity contribution < 1.29 is 28.9 Å². The summed E-state index contributed by atoms with van der Waals surface area (Å²) in [4.78, 5) is 33.5. The van der Waals surface area contributed by atoms with Crippen molar-refractivity contribution in [3.8, 4) is 28.7 Å². The van der Waals surface area contributed by atoms with Gasteiger partial charge in [0.2, 0.25) is 5.91 Å². The number of anilines is 1. The number of aromatic nitrogens is 2. The van der Waals surface area contributed by atoms with Crippen molar-refractivity contribution in [1.82, 2.24) is 9.78 Å². The molecule has 0 bridgehead atoms. The van der Waals surface area contributed by atoms with E-state index in [2.05, 4.69) is 10.4 Å². The zero-order valence-corrected chi connectivity index (χ0v) is 20.9. The normalized spacial score (nSPS) is 10.5. The molecule has 0 radical (unpaired) electrons. The number of aryl methyl sites for hydroxylation is 1. The largest absolute Gasteiger partial charge is 0.494 e. The zero-order chi connectivity index (χ0) is 27.9. The van der Waals surface area contributed by atoms with E-state index in [0.717, 1.165) is 0 Å². The molecular weight excluding hydrogens is 510 g/mol. The maximum Gasteiger partial charge on any atom is 0.390 e. The van der Waals surface area contributed by atoms with Crippen LogP contribution in [0.15, 0.2) is 72.8 Å². The van der Waals surface area contributed by atoms with Gasteiger partial charge in [0.25, 0.3) is 5.69 Å². The third kappa shape index (κ3) is 7.07. The van der Waals surface area contributed by atoms with Gasteiger partial charge in [0.15, 0.2) is 0 Å². The quantitative estimate of drug-likeness (QED) is 0.190. The van der Waals surface area contributed by atoms with E-state index in [4.69, 9.17) is 14.2 Å². The Hall–Kier alpha value is -5.46. The molecule has 0 saturated carbocycles. The number of hydrogen-bond donors (Lipinski definition) is 1. The minimum absolute atomic E-state index is 0.178. The topological polar surface area (TPSA) is 161 Å².